The number of carbonyl (C=O) groups excluding carboxylic acids is 1. The van der Waals surface area contributed by atoms with Crippen LogP contribution in [0.15, 0.2) is 30.3 Å². The van der Waals surface area contributed by atoms with Crippen LogP contribution in [0.25, 0.3) is 0 Å². The Morgan fingerprint density at radius 2 is 1.63 bits per heavy atom. The summed E-state index contributed by atoms with van der Waals surface area (Å²) in [5, 5.41) is 48.5. The van der Waals surface area contributed by atoms with Gasteiger partial charge in [0.1, 0.15) is 18.3 Å². The molecule has 1 aromatic carbocycles. The minimum Gasteiger partial charge on any atom is -0.394 e. The second-order valence-corrected chi connectivity index (χ2v) is 4.03. The van der Waals surface area contributed by atoms with Gasteiger partial charge in [0.15, 0.2) is 6.10 Å². The maximum absolute atomic E-state index is 11.6. The van der Waals surface area contributed by atoms with Crippen molar-refractivity contribution >= 4 is 11.6 Å². The van der Waals surface area contributed by atoms with Crippen LogP contribution < -0.4 is 5.32 Å². The summed E-state index contributed by atoms with van der Waals surface area (Å²) < 4.78 is 0. The third-order valence-electron chi connectivity index (χ3n) is 2.56. The average Bonchev–Trinajstić information content (AvgIpc) is 2.44. The lowest BCUT2D eigenvalue weighted by Gasteiger charge is -2.24. The fraction of sp³-hybridized carbons (Fsp3) is 0.417. The van der Waals surface area contributed by atoms with E-state index in [2.05, 4.69) is 5.32 Å². The van der Waals surface area contributed by atoms with Crippen molar-refractivity contribution in [3.8, 4) is 0 Å². The lowest BCUT2D eigenvalue weighted by molar-refractivity contribution is -0.144. The Balaban J connectivity index is 2.61. The zero-order valence-electron chi connectivity index (χ0n) is 10.0. The summed E-state index contributed by atoms with van der Waals surface area (Å²) in [6, 6.07) is 8.24. The van der Waals surface area contributed by atoms with Crippen LogP contribution in [0.5, 0.6) is 0 Å². The smallest absolute Gasteiger partial charge is 0.256 e. The molecular weight excluding hydrogens is 254 g/mol. The van der Waals surface area contributed by atoms with Crippen LogP contribution in [0.2, 0.25) is 0 Å². The van der Waals surface area contributed by atoms with Crippen molar-refractivity contribution in [3.63, 3.8) is 0 Å². The topological polar surface area (TPSA) is 130 Å². The van der Waals surface area contributed by atoms with Gasteiger partial charge in [0, 0.05) is 5.69 Å². The number of amides is 1. The van der Waals surface area contributed by atoms with Crippen molar-refractivity contribution in [2.24, 2.45) is 0 Å². The van der Waals surface area contributed by atoms with E-state index in [4.69, 9.17) is 10.2 Å². The number of hydrogen-bond donors (Lipinski definition) is 6. The molecule has 19 heavy (non-hydrogen) atoms. The molecule has 0 unspecified atom stereocenters. The first-order chi connectivity index (χ1) is 8.97. The molecule has 0 spiro atoms. The van der Waals surface area contributed by atoms with E-state index in [1.807, 2.05) is 0 Å². The third-order valence-corrected chi connectivity index (χ3v) is 2.56. The number of benzene rings is 1. The minimum absolute atomic E-state index is 0.413. The summed E-state index contributed by atoms with van der Waals surface area (Å²) in [5.74, 6) is -0.928. The van der Waals surface area contributed by atoms with E-state index >= 15 is 0 Å². The van der Waals surface area contributed by atoms with Gasteiger partial charge in [-0.1, -0.05) is 18.2 Å². The van der Waals surface area contributed by atoms with Gasteiger partial charge in [0.25, 0.3) is 5.91 Å². The van der Waals surface area contributed by atoms with Gasteiger partial charge in [-0.05, 0) is 12.1 Å². The molecule has 6 N–H and O–H groups in total. The Bertz CT molecular complexity index is 398. The fourth-order valence-corrected chi connectivity index (χ4v) is 1.42. The lowest BCUT2D eigenvalue weighted by atomic mass is 10.0. The van der Waals surface area contributed by atoms with Gasteiger partial charge >= 0.3 is 0 Å². The summed E-state index contributed by atoms with van der Waals surface area (Å²) in [5.41, 5.74) is 0.413. The van der Waals surface area contributed by atoms with Crippen molar-refractivity contribution < 1.29 is 30.3 Å². The molecule has 0 saturated carbocycles. The summed E-state index contributed by atoms with van der Waals surface area (Å²) in [4.78, 5) is 11.6. The van der Waals surface area contributed by atoms with Gasteiger partial charge in [0.05, 0.1) is 6.61 Å². The molecule has 1 amide bonds. The number of aliphatic hydroxyl groups is 5. The average molecular weight is 271 g/mol. The maximum atomic E-state index is 11.6. The van der Waals surface area contributed by atoms with Crippen molar-refractivity contribution in [1.29, 1.82) is 0 Å². The Kier molecular flexibility index (Phi) is 5.87. The molecule has 0 saturated heterocycles. The van der Waals surface area contributed by atoms with Gasteiger partial charge in [-0.15, -0.1) is 0 Å². The van der Waals surface area contributed by atoms with Crippen molar-refractivity contribution in [1.82, 2.24) is 0 Å². The standard InChI is InChI=1S/C12H17NO6/c14-6-8(15)9(16)10(17)11(18)12(19)13-7-4-2-1-3-5-7/h1-5,8-11,14-18H,6H2,(H,13,19)/t8-,9-,10-,11-/m1/s1. The number of hydrogen-bond acceptors (Lipinski definition) is 6. The van der Waals surface area contributed by atoms with Crippen molar-refractivity contribution in [3.05, 3.63) is 30.3 Å². The van der Waals surface area contributed by atoms with Crippen LogP contribution in [0.4, 0.5) is 5.69 Å². The SMILES string of the molecule is O=C(Nc1ccccc1)[C@H](O)[C@H](O)[C@H](O)[C@H](O)CO. The molecule has 0 heterocycles. The van der Waals surface area contributed by atoms with Gasteiger partial charge in [0.2, 0.25) is 0 Å². The molecule has 7 heteroatoms. The van der Waals surface area contributed by atoms with Crippen LogP contribution in [0.1, 0.15) is 0 Å². The normalized spacial score (nSPS) is 17.3. The quantitative estimate of drug-likeness (QED) is 0.357. The number of aliphatic hydroxyl groups excluding tert-OH is 5. The molecule has 0 radical (unpaired) electrons. The van der Waals surface area contributed by atoms with Crippen molar-refractivity contribution in [2.45, 2.75) is 24.4 Å². The largest absolute Gasteiger partial charge is 0.394 e. The molecule has 0 fully saturated rings. The van der Waals surface area contributed by atoms with Gasteiger partial charge in [-0.25, -0.2) is 0 Å². The second-order valence-electron chi connectivity index (χ2n) is 4.03. The van der Waals surface area contributed by atoms with Crippen LogP contribution in [-0.2, 0) is 4.79 Å². The second kappa shape index (κ2) is 7.17. The number of anilines is 1. The maximum Gasteiger partial charge on any atom is 0.256 e. The number of carbonyl (C=O) groups is 1. The highest BCUT2D eigenvalue weighted by Crippen LogP contribution is 2.09. The Morgan fingerprint density at radius 3 is 2.16 bits per heavy atom. The molecule has 7 nitrogen and oxygen atoms in total. The van der Waals surface area contributed by atoms with Crippen LogP contribution in [0.3, 0.4) is 0 Å². The molecule has 1 aromatic rings. The summed E-state index contributed by atoms with van der Waals surface area (Å²) >= 11 is 0. The Labute approximate surface area is 109 Å². The van der Waals surface area contributed by atoms with Crippen molar-refractivity contribution in [2.75, 3.05) is 11.9 Å². The Hall–Kier alpha value is -1.51. The van der Waals surface area contributed by atoms with E-state index in [0.717, 1.165) is 0 Å². The summed E-state index contributed by atoms with van der Waals surface area (Å²) in [6.07, 6.45) is -7.32. The summed E-state index contributed by atoms with van der Waals surface area (Å²) in [7, 11) is 0. The van der Waals surface area contributed by atoms with Gasteiger partial charge in [-0.3, -0.25) is 4.79 Å². The molecule has 4 atom stereocenters. The first-order valence-electron chi connectivity index (χ1n) is 5.66. The molecule has 106 valence electrons. The van der Waals surface area contributed by atoms with E-state index in [1.54, 1.807) is 30.3 Å². The predicted octanol–water partition coefficient (Wildman–Crippen LogP) is -1.94. The molecule has 0 aliphatic rings. The van der Waals surface area contributed by atoms with Gasteiger partial charge in [-0.2, -0.15) is 0 Å². The van der Waals surface area contributed by atoms with E-state index < -0.39 is 36.9 Å². The lowest BCUT2D eigenvalue weighted by Crippen LogP contribution is -2.50. The molecule has 0 aliphatic carbocycles. The zero-order chi connectivity index (χ0) is 14.4. The number of rotatable bonds is 6. The van der Waals surface area contributed by atoms with E-state index in [-0.39, 0.29) is 0 Å². The van der Waals surface area contributed by atoms with E-state index in [9.17, 15) is 20.1 Å². The fourth-order valence-electron chi connectivity index (χ4n) is 1.42. The highest BCUT2D eigenvalue weighted by atomic mass is 16.4. The molecule has 0 bridgehead atoms. The zero-order valence-corrected chi connectivity index (χ0v) is 10.0. The highest BCUT2D eigenvalue weighted by molar-refractivity contribution is 5.94. The van der Waals surface area contributed by atoms with Crippen LogP contribution in [0, 0.1) is 0 Å². The minimum atomic E-state index is -1.93. The third kappa shape index (κ3) is 4.27. The Morgan fingerprint density at radius 1 is 1.05 bits per heavy atom. The van der Waals surface area contributed by atoms with Crippen LogP contribution in [-0.4, -0.2) is 62.5 Å². The van der Waals surface area contributed by atoms with Gasteiger partial charge < -0.3 is 30.8 Å². The molecule has 0 aliphatic heterocycles. The molecule has 1 rings (SSSR count). The van der Waals surface area contributed by atoms with Crippen LogP contribution >= 0.6 is 0 Å². The van der Waals surface area contributed by atoms with E-state index in [0.29, 0.717) is 5.69 Å². The number of para-hydroxylation sites is 1. The molecular formula is C12H17NO6. The number of nitrogens with one attached hydrogen (secondary N) is 1. The predicted molar refractivity (Wildman–Crippen MR) is 66.2 cm³/mol. The summed E-state index contributed by atoms with van der Waals surface area (Å²) in [6.45, 7) is -0.800. The monoisotopic (exact) mass is 271 g/mol. The highest BCUT2D eigenvalue weighted by Gasteiger charge is 2.34. The van der Waals surface area contributed by atoms with E-state index in [1.165, 1.54) is 0 Å². The molecule has 0 aromatic heterocycles. The first kappa shape index (κ1) is 15.5. The first-order valence-corrected chi connectivity index (χ1v) is 5.66.